The minimum atomic E-state index is -0.558. The molecule has 0 fully saturated rings. The fourth-order valence-electron chi connectivity index (χ4n) is 2.64. The van der Waals surface area contributed by atoms with Gasteiger partial charge in [-0.2, -0.15) is 0 Å². The molecule has 26 heavy (non-hydrogen) atoms. The smallest absolute Gasteiger partial charge is 0.287 e. The summed E-state index contributed by atoms with van der Waals surface area (Å²) in [6.07, 6.45) is 0. The fraction of sp³-hybridized carbons (Fsp3) is 0.263. The predicted octanol–water partition coefficient (Wildman–Crippen LogP) is 2.28. The van der Waals surface area contributed by atoms with Crippen molar-refractivity contribution in [3.63, 3.8) is 0 Å². The highest BCUT2D eigenvalue weighted by Crippen LogP contribution is 2.23. The van der Waals surface area contributed by atoms with Gasteiger partial charge in [-0.3, -0.25) is 9.59 Å². The minimum Gasteiger partial charge on any atom is -0.344 e. The number of nitrogens with zero attached hydrogens (tertiary/aromatic N) is 1. The number of carbonyl (C=O) groups excluding carboxylic acids is 2. The Labute approximate surface area is 163 Å². The number of nitrogens with one attached hydrogen (secondary N) is 2. The summed E-state index contributed by atoms with van der Waals surface area (Å²) in [5, 5.41) is 3.73. The first-order valence-corrected chi connectivity index (χ1v) is 8.88. The van der Waals surface area contributed by atoms with Gasteiger partial charge in [0.05, 0.1) is 7.05 Å². The summed E-state index contributed by atoms with van der Waals surface area (Å²) >= 11 is 12.0. The zero-order chi connectivity index (χ0) is 19.3. The number of anilines is 1. The maximum absolute atomic E-state index is 13.0. The number of hydrogen-bond acceptors (Lipinski definition) is 2. The third-order valence-corrected chi connectivity index (χ3v) is 4.38. The van der Waals surface area contributed by atoms with Gasteiger partial charge >= 0.3 is 0 Å². The van der Waals surface area contributed by atoms with Crippen LogP contribution in [0.4, 0.5) is 5.69 Å². The van der Waals surface area contributed by atoms with Gasteiger partial charge in [0.1, 0.15) is 0 Å². The molecule has 0 aromatic heterocycles. The van der Waals surface area contributed by atoms with Gasteiger partial charge in [0.2, 0.25) is 0 Å². The maximum atomic E-state index is 13.0. The van der Waals surface area contributed by atoms with E-state index in [2.05, 4.69) is 5.32 Å². The number of likely N-dealkylation sites (N-methyl/N-ethyl adjacent to an activating group) is 2. The van der Waals surface area contributed by atoms with Crippen LogP contribution in [-0.4, -0.2) is 44.4 Å². The standard InChI is InChI=1S/C19H21Cl2N3O2/c1-23(2)17(25)12-24(3)18(13-7-5-4-6-8-13)19(26)22-16-10-14(20)9-15(21)11-16/h4-11,18H,12H2,1-3H3,(H,22,26)/p+1/t18-/m1/s1. The first-order valence-electron chi connectivity index (χ1n) is 8.12. The second-order valence-corrected chi connectivity index (χ2v) is 7.18. The Balaban J connectivity index is 2.28. The van der Waals surface area contributed by atoms with Gasteiger partial charge in [0.25, 0.3) is 11.8 Å². The van der Waals surface area contributed by atoms with Crippen LogP contribution in [0.1, 0.15) is 11.6 Å². The molecule has 2 aromatic rings. The van der Waals surface area contributed by atoms with Crippen molar-refractivity contribution in [2.75, 3.05) is 33.0 Å². The Bertz CT molecular complexity index is 761. The molecule has 2 amide bonds. The van der Waals surface area contributed by atoms with Gasteiger partial charge in [-0.15, -0.1) is 0 Å². The molecule has 0 aliphatic rings. The average molecular weight is 395 g/mol. The number of hydrogen-bond donors (Lipinski definition) is 2. The summed E-state index contributed by atoms with van der Waals surface area (Å²) in [4.78, 5) is 27.4. The lowest BCUT2D eigenvalue weighted by Crippen LogP contribution is -3.11. The monoisotopic (exact) mass is 394 g/mol. The van der Waals surface area contributed by atoms with Crippen LogP contribution in [-0.2, 0) is 9.59 Å². The summed E-state index contributed by atoms with van der Waals surface area (Å²) in [7, 11) is 5.21. The Kier molecular flexibility index (Phi) is 7.03. The van der Waals surface area contributed by atoms with Crippen LogP contribution in [0.3, 0.4) is 0 Å². The molecule has 138 valence electrons. The summed E-state index contributed by atoms with van der Waals surface area (Å²) in [6.45, 7) is 0.191. The van der Waals surface area contributed by atoms with E-state index in [4.69, 9.17) is 23.2 Å². The minimum absolute atomic E-state index is 0.0537. The van der Waals surface area contributed by atoms with Gasteiger partial charge < -0.3 is 15.1 Å². The van der Waals surface area contributed by atoms with E-state index in [0.717, 1.165) is 10.5 Å². The zero-order valence-corrected chi connectivity index (χ0v) is 16.4. The highest BCUT2D eigenvalue weighted by Gasteiger charge is 2.31. The molecule has 0 aliphatic heterocycles. The maximum Gasteiger partial charge on any atom is 0.287 e. The molecule has 0 heterocycles. The number of halogens is 2. The second kappa shape index (κ2) is 9.03. The quantitative estimate of drug-likeness (QED) is 0.789. The summed E-state index contributed by atoms with van der Waals surface area (Å²) < 4.78 is 0. The van der Waals surface area contributed by atoms with Crippen molar-refractivity contribution in [2.45, 2.75) is 6.04 Å². The average Bonchev–Trinajstić information content (AvgIpc) is 2.54. The van der Waals surface area contributed by atoms with Gasteiger partial charge in [-0.1, -0.05) is 53.5 Å². The number of rotatable bonds is 6. The van der Waals surface area contributed by atoms with Crippen molar-refractivity contribution in [1.29, 1.82) is 0 Å². The molecule has 2 rings (SSSR count). The highest BCUT2D eigenvalue weighted by molar-refractivity contribution is 6.35. The Hall–Kier alpha value is -2.08. The van der Waals surface area contributed by atoms with Crippen LogP contribution in [0.2, 0.25) is 10.0 Å². The van der Waals surface area contributed by atoms with Crippen molar-refractivity contribution in [3.05, 3.63) is 64.1 Å². The van der Waals surface area contributed by atoms with Crippen LogP contribution in [0.15, 0.2) is 48.5 Å². The molecule has 0 bridgehead atoms. The van der Waals surface area contributed by atoms with E-state index in [1.54, 1.807) is 32.3 Å². The van der Waals surface area contributed by atoms with Crippen LogP contribution in [0.5, 0.6) is 0 Å². The highest BCUT2D eigenvalue weighted by atomic mass is 35.5. The summed E-state index contributed by atoms with van der Waals surface area (Å²) in [5.74, 6) is -0.291. The largest absolute Gasteiger partial charge is 0.344 e. The molecule has 0 radical (unpaired) electrons. The van der Waals surface area contributed by atoms with E-state index >= 15 is 0 Å². The van der Waals surface area contributed by atoms with Gasteiger partial charge in [0, 0.05) is 35.4 Å². The van der Waals surface area contributed by atoms with E-state index < -0.39 is 6.04 Å². The van der Waals surface area contributed by atoms with E-state index in [9.17, 15) is 9.59 Å². The number of benzene rings is 2. The van der Waals surface area contributed by atoms with Crippen LogP contribution >= 0.6 is 23.2 Å². The first-order chi connectivity index (χ1) is 12.3. The third kappa shape index (κ3) is 5.46. The van der Waals surface area contributed by atoms with Gasteiger partial charge in [0.15, 0.2) is 12.6 Å². The van der Waals surface area contributed by atoms with Crippen molar-refractivity contribution in [1.82, 2.24) is 4.90 Å². The lowest BCUT2D eigenvalue weighted by molar-refractivity contribution is -0.894. The molecular formula is C19H22Cl2N3O2+. The molecule has 5 nitrogen and oxygen atoms in total. The molecule has 0 saturated carbocycles. The lowest BCUT2D eigenvalue weighted by atomic mass is 10.0. The molecule has 2 atom stereocenters. The van der Waals surface area contributed by atoms with Crippen LogP contribution < -0.4 is 10.2 Å². The van der Waals surface area contributed by atoms with Crippen molar-refractivity contribution < 1.29 is 14.5 Å². The van der Waals surface area contributed by atoms with Gasteiger partial charge in [-0.25, -0.2) is 0 Å². The first kappa shape index (κ1) is 20.2. The van der Waals surface area contributed by atoms with Crippen LogP contribution in [0.25, 0.3) is 0 Å². The SMILES string of the molecule is CN(C)C(=O)C[NH+](C)[C@@H](C(=O)Nc1cc(Cl)cc(Cl)c1)c1ccccc1. The van der Waals surface area contributed by atoms with E-state index in [-0.39, 0.29) is 18.4 Å². The normalized spacial score (nSPS) is 13.0. The third-order valence-electron chi connectivity index (χ3n) is 3.95. The van der Waals surface area contributed by atoms with Crippen molar-refractivity contribution in [2.24, 2.45) is 0 Å². The number of amides is 2. The summed E-state index contributed by atoms with van der Waals surface area (Å²) in [6, 6.07) is 13.7. The lowest BCUT2D eigenvalue weighted by Gasteiger charge is -2.25. The molecular weight excluding hydrogens is 373 g/mol. The number of quaternary nitrogens is 1. The molecule has 0 saturated heterocycles. The number of carbonyl (C=O) groups is 2. The predicted molar refractivity (Wildman–Crippen MR) is 105 cm³/mol. The van der Waals surface area contributed by atoms with Crippen molar-refractivity contribution in [3.8, 4) is 0 Å². The molecule has 7 heteroatoms. The van der Waals surface area contributed by atoms with Gasteiger partial charge in [-0.05, 0) is 18.2 Å². The molecule has 2 aromatic carbocycles. The fourth-order valence-corrected chi connectivity index (χ4v) is 3.17. The topological polar surface area (TPSA) is 53.9 Å². The molecule has 0 spiro atoms. The van der Waals surface area contributed by atoms with E-state index in [1.165, 1.54) is 4.90 Å². The van der Waals surface area contributed by atoms with Crippen LogP contribution in [0, 0.1) is 0 Å². The zero-order valence-electron chi connectivity index (χ0n) is 14.9. The molecule has 2 N–H and O–H groups in total. The Morgan fingerprint density at radius 1 is 1.08 bits per heavy atom. The summed E-state index contributed by atoms with van der Waals surface area (Å²) in [5.41, 5.74) is 1.34. The molecule has 1 unspecified atom stereocenters. The Morgan fingerprint density at radius 3 is 2.19 bits per heavy atom. The molecule has 0 aliphatic carbocycles. The van der Waals surface area contributed by atoms with E-state index in [1.807, 2.05) is 37.4 Å². The Morgan fingerprint density at radius 2 is 1.65 bits per heavy atom. The van der Waals surface area contributed by atoms with Crippen molar-refractivity contribution >= 4 is 40.7 Å². The van der Waals surface area contributed by atoms with E-state index in [0.29, 0.717) is 15.7 Å². The second-order valence-electron chi connectivity index (χ2n) is 6.30.